The van der Waals surface area contributed by atoms with E-state index in [0.29, 0.717) is 18.4 Å². The van der Waals surface area contributed by atoms with Crippen molar-refractivity contribution in [2.24, 2.45) is 0 Å². The van der Waals surface area contributed by atoms with Crippen molar-refractivity contribution in [1.82, 2.24) is 24.7 Å². The lowest BCUT2D eigenvalue weighted by Gasteiger charge is -2.09. The van der Waals surface area contributed by atoms with E-state index in [0.717, 1.165) is 29.2 Å². The molecular formula is C20H24N6O. The number of nitrogens with zero attached hydrogens (tertiary/aromatic N) is 4. The molecule has 0 atom stereocenters. The van der Waals surface area contributed by atoms with Crippen LogP contribution in [0.1, 0.15) is 50.0 Å². The van der Waals surface area contributed by atoms with Crippen LogP contribution in [0.2, 0.25) is 0 Å². The highest BCUT2D eigenvalue weighted by Gasteiger charge is 2.17. The molecule has 0 radical (unpaired) electrons. The van der Waals surface area contributed by atoms with Crippen LogP contribution in [0, 0.1) is 0 Å². The third-order valence-corrected chi connectivity index (χ3v) is 5.01. The number of hydrogen-bond donors (Lipinski definition) is 2. The molecule has 0 aromatic carbocycles. The van der Waals surface area contributed by atoms with E-state index < -0.39 is 0 Å². The van der Waals surface area contributed by atoms with Crippen LogP contribution in [0.15, 0.2) is 41.5 Å². The predicted octanol–water partition coefficient (Wildman–Crippen LogP) is 3.32. The highest BCUT2D eigenvalue weighted by Crippen LogP contribution is 2.28. The molecule has 0 saturated heterocycles. The molecule has 3 aromatic heterocycles. The van der Waals surface area contributed by atoms with Gasteiger partial charge in [-0.1, -0.05) is 19.8 Å². The summed E-state index contributed by atoms with van der Waals surface area (Å²) >= 11 is 0. The lowest BCUT2D eigenvalue weighted by Crippen LogP contribution is -2.10. The Morgan fingerprint density at radius 2 is 2.07 bits per heavy atom. The fourth-order valence-electron chi connectivity index (χ4n) is 3.49. The van der Waals surface area contributed by atoms with Crippen molar-refractivity contribution in [2.45, 2.75) is 51.6 Å². The normalized spacial score (nSPS) is 14.6. The van der Waals surface area contributed by atoms with Gasteiger partial charge in [0.05, 0.1) is 18.3 Å². The summed E-state index contributed by atoms with van der Waals surface area (Å²) in [4.78, 5) is 23.4. The molecule has 1 aliphatic rings. The van der Waals surface area contributed by atoms with Gasteiger partial charge >= 0.3 is 0 Å². The minimum Gasteiger partial charge on any atom is -0.364 e. The Kier molecular flexibility index (Phi) is 5.00. The zero-order valence-electron chi connectivity index (χ0n) is 15.5. The number of rotatable bonds is 6. The van der Waals surface area contributed by atoms with Crippen LogP contribution < -0.4 is 10.9 Å². The Balaban J connectivity index is 1.41. The number of hydrogen-bond acceptors (Lipinski definition) is 5. The summed E-state index contributed by atoms with van der Waals surface area (Å²) in [6, 6.07) is 7.94. The van der Waals surface area contributed by atoms with Gasteiger partial charge in [-0.05, 0) is 37.5 Å². The topological polar surface area (TPSA) is 88.5 Å². The largest absolute Gasteiger partial charge is 0.364 e. The average Bonchev–Trinajstić information content (AvgIpc) is 3.38. The minimum absolute atomic E-state index is 0.142. The van der Waals surface area contributed by atoms with Crippen LogP contribution in [-0.4, -0.2) is 24.7 Å². The SMILES string of the molecule is CCc1cc(=O)[nH]c(-c2ccc(NCc3ccn(C4CCCC4)n3)nc2)n1. The van der Waals surface area contributed by atoms with Crippen LogP contribution in [-0.2, 0) is 13.0 Å². The molecule has 7 nitrogen and oxygen atoms in total. The zero-order chi connectivity index (χ0) is 18.6. The first kappa shape index (κ1) is 17.5. The van der Waals surface area contributed by atoms with E-state index in [4.69, 9.17) is 0 Å². The van der Waals surface area contributed by atoms with Gasteiger partial charge in [-0.2, -0.15) is 5.10 Å². The van der Waals surface area contributed by atoms with Gasteiger partial charge in [0.15, 0.2) is 0 Å². The van der Waals surface area contributed by atoms with Crippen molar-refractivity contribution in [1.29, 1.82) is 0 Å². The first-order valence-corrected chi connectivity index (χ1v) is 9.56. The molecule has 0 spiro atoms. The van der Waals surface area contributed by atoms with Gasteiger partial charge in [0, 0.05) is 29.7 Å². The van der Waals surface area contributed by atoms with E-state index in [2.05, 4.69) is 42.3 Å². The summed E-state index contributed by atoms with van der Waals surface area (Å²) in [6.45, 7) is 2.61. The molecule has 7 heteroatoms. The monoisotopic (exact) mass is 364 g/mol. The number of pyridine rings is 1. The average molecular weight is 364 g/mol. The van der Waals surface area contributed by atoms with Crippen LogP contribution in [0.25, 0.3) is 11.4 Å². The third-order valence-electron chi connectivity index (χ3n) is 5.01. The molecule has 0 unspecified atom stereocenters. The molecule has 0 amide bonds. The van der Waals surface area contributed by atoms with Crippen molar-refractivity contribution in [3.05, 3.63) is 58.4 Å². The van der Waals surface area contributed by atoms with Crippen molar-refractivity contribution < 1.29 is 0 Å². The zero-order valence-corrected chi connectivity index (χ0v) is 15.5. The maximum absolute atomic E-state index is 11.7. The van der Waals surface area contributed by atoms with Crippen molar-refractivity contribution in [3.63, 3.8) is 0 Å². The van der Waals surface area contributed by atoms with Gasteiger partial charge in [-0.3, -0.25) is 9.48 Å². The fourth-order valence-corrected chi connectivity index (χ4v) is 3.49. The number of aromatic nitrogens is 5. The Labute approximate surface area is 157 Å². The first-order valence-electron chi connectivity index (χ1n) is 9.56. The van der Waals surface area contributed by atoms with E-state index in [-0.39, 0.29) is 5.56 Å². The summed E-state index contributed by atoms with van der Waals surface area (Å²) in [6.07, 6.45) is 9.58. The van der Waals surface area contributed by atoms with Gasteiger partial charge in [-0.25, -0.2) is 9.97 Å². The van der Waals surface area contributed by atoms with E-state index in [9.17, 15) is 4.79 Å². The van der Waals surface area contributed by atoms with Crippen molar-refractivity contribution in [3.8, 4) is 11.4 Å². The summed E-state index contributed by atoms with van der Waals surface area (Å²) in [5.74, 6) is 1.32. The fraction of sp³-hybridized carbons (Fsp3) is 0.400. The second kappa shape index (κ2) is 7.73. The quantitative estimate of drug-likeness (QED) is 0.700. The van der Waals surface area contributed by atoms with E-state index in [1.165, 1.54) is 31.7 Å². The summed E-state index contributed by atoms with van der Waals surface area (Å²) in [5, 5.41) is 7.98. The van der Waals surface area contributed by atoms with E-state index in [1.54, 1.807) is 6.20 Å². The Hall–Kier alpha value is -2.96. The molecule has 3 heterocycles. The molecule has 2 N–H and O–H groups in total. The maximum atomic E-state index is 11.7. The maximum Gasteiger partial charge on any atom is 0.251 e. The number of aryl methyl sites for hydroxylation is 1. The molecule has 140 valence electrons. The van der Waals surface area contributed by atoms with Gasteiger partial charge in [-0.15, -0.1) is 0 Å². The molecule has 0 bridgehead atoms. The van der Waals surface area contributed by atoms with Gasteiger partial charge < -0.3 is 10.3 Å². The molecule has 1 fully saturated rings. The highest BCUT2D eigenvalue weighted by molar-refractivity contribution is 5.55. The molecule has 4 rings (SSSR count). The number of nitrogens with one attached hydrogen (secondary N) is 2. The Morgan fingerprint density at radius 3 is 2.81 bits per heavy atom. The van der Waals surface area contributed by atoms with Crippen LogP contribution in [0.5, 0.6) is 0 Å². The first-order chi connectivity index (χ1) is 13.2. The van der Waals surface area contributed by atoms with Gasteiger partial charge in [0.25, 0.3) is 5.56 Å². The predicted molar refractivity (Wildman–Crippen MR) is 105 cm³/mol. The second-order valence-corrected chi connectivity index (χ2v) is 6.95. The van der Waals surface area contributed by atoms with E-state index >= 15 is 0 Å². The lowest BCUT2D eigenvalue weighted by atomic mass is 10.2. The van der Waals surface area contributed by atoms with Crippen LogP contribution in [0.3, 0.4) is 0 Å². The summed E-state index contributed by atoms with van der Waals surface area (Å²) < 4.78 is 2.10. The third kappa shape index (κ3) is 4.07. The molecule has 3 aromatic rings. The van der Waals surface area contributed by atoms with Crippen molar-refractivity contribution in [2.75, 3.05) is 5.32 Å². The molecule has 27 heavy (non-hydrogen) atoms. The standard InChI is InChI=1S/C20H24N6O/c1-2-15-11-19(27)24-20(23-15)14-7-8-18(21-12-14)22-13-16-9-10-26(25-16)17-5-3-4-6-17/h7-12,17H,2-6,13H2,1H3,(H,21,22)(H,23,24,27). The second-order valence-electron chi connectivity index (χ2n) is 6.95. The molecular weight excluding hydrogens is 340 g/mol. The van der Waals surface area contributed by atoms with Gasteiger partial charge in [0.1, 0.15) is 11.6 Å². The summed E-state index contributed by atoms with van der Waals surface area (Å²) in [5.41, 5.74) is 2.43. The molecule has 1 saturated carbocycles. The Bertz CT molecular complexity index is 953. The number of aromatic amines is 1. The molecule has 0 aliphatic heterocycles. The highest BCUT2D eigenvalue weighted by atomic mass is 16.1. The summed E-state index contributed by atoms with van der Waals surface area (Å²) in [7, 11) is 0. The van der Waals surface area contributed by atoms with Crippen LogP contribution >= 0.6 is 0 Å². The van der Waals surface area contributed by atoms with E-state index in [1.807, 2.05) is 19.1 Å². The van der Waals surface area contributed by atoms with Crippen LogP contribution in [0.4, 0.5) is 5.82 Å². The van der Waals surface area contributed by atoms with Crippen molar-refractivity contribution >= 4 is 5.82 Å². The molecule has 1 aliphatic carbocycles. The number of anilines is 1. The smallest absolute Gasteiger partial charge is 0.251 e. The lowest BCUT2D eigenvalue weighted by molar-refractivity contribution is 0.463. The minimum atomic E-state index is -0.142. The number of H-pyrrole nitrogens is 1. The van der Waals surface area contributed by atoms with Gasteiger partial charge in [0.2, 0.25) is 0 Å². The Morgan fingerprint density at radius 1 is 1.22 bits per heavy atom.